The molecule has 4 heteroatoms. The summed E-state index contributed by atoms with van der Waals surface area (Å²) in [6, 6.07) is 13.7. The van der Waals surface area contributed by atoms with E-state index in [1.54, 1.807) is 6.92 Å². The molecule has 1 atom stereocenters. The number of esters is 1. The lowest BCUT2D eigenvalue weighted by molar-refractivity contribution is -0.143. The zero-order valence-corrected chi connectivity index (χ0v) is 11.7. The summed E-state index contributed by atoms with van der Waals surface area (Å²) in [4.78, 5) is 11.5. The average molecular weight is 280 g/mol. The lowest BCUT2D eigenvalue weighted by atomic mass is 9.97. The van der Waals surface area contributed by atoms with Crippen LogP contribution in [0.15, 0.2) is 42.5 Å². The Morgan fingerprint density at radius 2 is 1.89 bits per heavy atom. The molecule has 0 heterocycles. The monoisotopic (exact) mass is 279 g/mol. The number of hydrogen-bond donors (Lipinski definition) is 1. The molecule has 0 aromatic heterocycles. The molecule has 0 aliphatic rings. The van der Waals surface area contributed by atoms with Crippen molar-refractivity contribution < 1.29 is 9.53 Å². The summed E-state index contributed by atoms with van der Waals surface area (Å²) in [6.07, 6.45) is 0.210. The summed E-state index contributed by atoms with van der Waals surface area (Å²) in [6.45, 7) is 2.18. The fourth-order valence-corrected chi connectivity index (χ4v) is 2.08. The number of rotatable bonds is 4. The van der Waals surface area contributed by atoms with Crippen LogP contribution in [0.2, 0.25) is 0 Å². The number of nitrogens with two attached hydrogens (primary N) is 1. The molecule has 0 fully saturated rings. The van der Waals surface area contributed by atoms with Gasteiger partial charge in [0, 0.05) is 6.04 Å². The predicted octanol–water partition coefficient (Wildman–Crippen LogP) is 3.21. The highest BCUT2D eigenvalue weighted by molar-refractivity contribution is 5.86. The average Bonchev–Trinajstić information content (AvgIpc) is 2.38. The number of halogens is 1. The zero-order chi connectivity index (χ0) is 13.0. The van der Waals surface area contributed by atoms with Gasteiger partial charge in [0.05, 0.1) is 13.0 Å². The van der Waals surface area contributed by atoms with Gasteiger partial charge in [0.1, 0.15) is 0 Å². The van der Waals surface area contributed by atoms with Gasteiger partial charge in [-0.1, -0.05) is 42.5 Å². The van der Waals surface area contributed by atoms with Crippen LogP contribution in [0.25, 0.3) is 10.8 Å². The molecule has 2 aromatic carbocycles. The zero-order valence-electron chi connectivity index (χ0n) is 10.8. The van der Waals surface area contributed by atoms with Crippen LogP contribution in [0, 0.1) is 0 Å². The van der Waals surface area contributed by atoms with Crippen LogP contribution in [0.3, 0.4) is 0 Å². The first kappa shape index (κ1) is 15.5. The van der Waals surface area contributed by atoms with E-state index in [1.807, 2.05) is 42.5 Å². The van der Waals surface area contributed by atoms with E-state index < -0.39 is 0 Å². The lowest BCUT2D eigenvalue weighted by Gasteiger charge is -2.14. The Bertz CT molecular complexity index is 551. The fourth-order valence-electron chi connectivity index (χ4n) is 2.08. The number of carbonyl (C=O) groups is 1. The van der Waals surface area contributed by atoms with E-state index in [4.69, 9.17) is 10.5 Å². The highest BCUT2D eigenvalue weighted by Gasteiger charge is 2.14. The van der Waals surface area contributed by atoms with E-state index in [0.29, 0.717) is 6.61 Å². The Kier molecular flexibility index (Phi) is 5.80. The van der Waals surface area contributed by atoms with Gasteiger partial charge in [0.25, 0.3) is 0 Å². The maximum atomic E-state index is 11.5. The second-order valence-corrected chi connectivity index (χ2v) is 4.18. The van der Waals surface area contributed by atoms with Crippen LogP contribution in [-0.2, 0) is 9.53 Å². The first-order valence-corrected chi connectivity index (χ1v) is 6.11. The van der Waals surface area contributed by atoms with Crippen molar-refractivity contribution in [3.05, 3.63) is 48.0 Å². The molecule has 0 aliphatic carbocycles. The molecule has 0 saturated heterocycles. The Labute approximate surface area is 119 Å². The molecule has 19 heavy (non-hydrogen) atoms. The minimum absolute atomic E-state index is 0. The molecular weight excluding hydrogens is 262 g/mol. The first-order valence-electron chi connectivity index (χ1n) is 6.11. The van der Waals surface area contributed by atoms with Gasteiger partial charge in [-0.15, -0.1) is 12.4 Å². The smallest absolute Gasteiger partial charge is 0.307 e. The van der Waals surface area contributed by atoms with Crippen LogP contribution in [0.1, 0.15) is 24.9 Å². The quantitative estimate of drug-likeness (QED) is 0.875. The standard InChI is InChI=1S/C15H17NO2.ClH/c1-2-18-15(17)10-14(16)13-9-5-7-11-6-3-4-8-12(11)13;/h3-9,14H,2,10,16H2,1H3;1H/t14-;/m1./s1. The van der Waals surface area contributed by atoms with Crippen molar-refractivity contribution in [3.63, 3.8) is 0 Å². The van der Waals surface area contributed by atoms with Gasteiger partial charge in [0.2, 0.25) is 0 Å². The van der Waals surface area contributed by atoms with Gasteiger partial charge in [-0.05, 0) is 23.3 Å². The van der Waals surface area contributed by atoms with E-state index >= 15 is 0 Å². The van der Waals surface area contributed by atoms with E-state index in [0.717, 1.165) is 16.3 Å². The third-order valence-corrected chi connectivity index (χ3v) is 2.91. The predicted molar refractivity (Wildman–Crippen MR) is 79.4 cm³/mol. The van der Waals surface area contributed by atoms with Crippen LogP contribution >= 0.6 is 12.4 Å². The summed E-state index contributed by atoms with van der Waals surface area (Å²) in [5.41, 5.74) is 7.08. The highest BCUT2D eigenvalue weighted by atomic mass is 35.5. The van der Waals surface area contributed by atoms with Crippen molar-refractivity contribution in [2.45, 2.75) is 19.4 Å². The number of benzene rings is 2. The summed E-state index contributed by atoms with van der Waals surface area (Å²) in [5.74, 6) is -0.252. The van der Waals surface area contributed by atoms with Gasteiger partial charge < -0.3 is 10.5 Å². The molecule has 0 unspecified atom stereocenters. The Balaban J connectivity index is 0.00000180. The molecule has 0 saturated carbocycles. The number of hydrogen-bond acceptors (Lipinski definition) is 3. The number of carbonyl (C=O) groups excluding carboxylic acids is 1. The minimum Gasteiger partial charge on any atom is -0.466 e. The van der Waals surface area contributed by atoms with E-state index in [1.165, 1.54) is 0 Å². The van der Waals surface area contributed by atoms with Gasteiger partial charge in [-0.3, -0.25) is 4.79 Å². The molecule has 0 bridgehead atoms. The Morgan fingerprint density at radius 3 is 2.63 bits per heavy atom. The fraction of sp³-hybridized carbons (Fsp3) is 0.267. The van der Waals surface area contributed by atoms with Gasteiger partial charge in [-0.2, -0.15) is 0 Å². The summed E-state index contributed by atoms with van der Waals surface area (Å²) < 4.78 is 4.93. The van der Waals surface area contributed by atoms with E-state index in [2.05, 4.69) is 0 Å². The summed E-state index contributed by atoms with van der Waals surface area (Å²) in [7, 11) is 0. The Morgan fingerprint density at radius 1 is 1.21 bits per heavy atom. The van der Waals surface area contributed by atoms with Crippen LogP contribution in [0.4, 0.5) is 0 Å². The van der Waals surface area contributed by atoms with Gasteiger partial charge >= 0.3 is 5.97 Å². The Hall–Kier alpha value is -1.58. The van der Waals surface area contributed by atoms with Crippen LogP contribution in [0.5, 0.6) is 0 Å². The second kappa shape index (κ2) is 7.12. The van der Waals surface area contributed by atoms with Crippen LogP contribution < -0.4 is 5.73 Å². The van der Waals surface area contributed by atoms with Gasteiger partial charge in [-0.25, -0.2) is 0 Å². The largest absolute Gasteiger partial charge is 0.466 e. The molecule has 3 nitrogen and oxygen atoms in total. The maximum absolute atomic E-state index is 11.5. The van der Waals surface area contributed by atoms with Crippen molar-refractivity contribution in [2.24, 2.45) is 5.73 Å². The molecule has 0 amide bonds. The first-order chi connectivity index (χ1) is 8.72. The van der Waals surface area contributed by atoms with Crippen molar-refractivity contribution in [3.8, 4) is 0 Å². The van der Waals surface area contributed by atoms with E-state index in [9.17, 15) is 4.79 Å². The topological polar surface area (TPSA) is 52.3 Å². The molecule has 0 aliphatic heterocycles. The number of ether oxygens (including phenoxy) is 1. The van der Waals surface area contributed by atoms with Gasteiger partial charge in [0.15, 0.2) is 0 Å². The SMILES string of the molecule is CCOC(=O)C[C@@H](N)c1cccc2ccccc12.Cl. The van der Waals surface area contributed by atoms with Crippen molar-refractivity contribution in [1.82, 2.24) is 0 Å². The van der Waals surface area contributed by atoms with Crippen molar-refractivity contribution in [2.75, 3.05) is 6.61 Å². The summed E-state index contributed by atoms with van der Waals surface area (Å²) >= 11 is 0. The lowest BCUT2D eigenvalue weighted by Crippen LogP contribution is -2.17. The molecule has 102 valence electrons. The molecule has 2 aromatic rings. The van der Waals surface area contributed by atoms with Crippen molar-refractivity contribution >= 4 is 29.1 Å². The summed E-state index contributed by atoms with van der Waals surface area (Å²) in [5, 5.41) is 2.23. The molecule has 0 spiro atoms. The maximum Gasteiger partial charge on any atom is 0.307 e. The minimum atomic E-state index is -0.324. The number of fused-ring (bicyclic) bond motifs is 1. The third-order valence-electron chi connectivity index (χ3n) is 2.91. The molecular formula is C15H18ClNO2. The molecule has 2 rings (SSSR count). The third kappa shape index (κ3) is 3.69. The van der Waals surface area contributed by atoms with E-state index in [-0.39, 0.29) is 30.8 Å². The highest BCUT2D eigenvalue weighted by Crippen LogP contribution is 2.24. The normalized spacial score (nSPS) is 11.7. The van der Waals surface area contributed by atoms with Crippen molar-refractivity contribution in [1.29, 1.82) is 0 Å². The second-order valence-electron chi connectivity index (χ2n) is 4.18. The molecule has 2 N–H and O–H groups in total. The van der Waals surface area contributed by atoms with Crippen LogP contribution in [-0.4, -0.2) is 12.6 Å². The molecule has 0 radical (unpaired) electrons.